The molecule has 1 aliphatic carbocycles. The maximum Gasteiger partial charge on any atom is 0.154 e. The Morgan fingerprint density at radius 3 is 2.29 bits per heavy atom. The number of hydrogen-bond donors (Lipinski definition) is 1. The van der Waals surface area contributed by atoms with E-state index in [1.807, 2.05) is 0 Å². The molecule has 0 unspecified atom stereocenters. The fourth-order valence-electron chi connectivity index (χ4n) is 2.25. The molecule has 0 aromatic heterocycles. The molecule has 0 amide bonds. The molecule has 4 heteroatoms. The normalized spacial score (nSPS) is 19.5. The first-order chi connectivity index (χ1) is 7.87. The van der Waals surface area contributed by atoms with Gasteiger partial charge in [0.1, 0.15) is 0 Å². The Balaban J connectivity index is 2.39. The maximum atomic E-state index is 12.1. The molecule has 0 aromatic carbocycles. The van der Waals surface area contributed by atoms with E-state index < -0.39 is 9.84 Å². The molecule has 1 rings (SSSR count). The van der Waals surface area contributed by atoms with Crippen molar-refractivity contribution in [3.63, 3.8) is 0 Å². The summed E-state index contributed by atoms with van der Waals surface area (Å²) < 4.78 is 24.2. The van der Waals surface area contributed by atoms with Crippen molar-refractivity contribution < 1.29 is 8.42 Å². The molecular formula is C13H27NO2S. The van der Waals surface area contributed by atoms with Crippen molar-refractivity contribution in [1.29, 1.82) is 0 Å². The third-order valence-corrected chi connectivity index (χ3v) is 6.19. The van der Waals surface area contributed by atoms with Crippen LogP contribution in [0, 0.1) is 0 Å². The van der Waals surface area contributed by atoms with Crippen molar-refractivity contribution >= 4 is 9.84 Å². The van der Waals surface area contributed by atoms with Crippen LogP contribution < -0.4 is 5.32 Å². The maximum absolute atomic E-state index is 12.1. The molecule has 0 spiro atoms. The number of rotatable bonds is 6. The van der Waals surface area contributed by atoms with E-state index >= 15 is 0 Å². The molecule has 102 valence electrons. The van der Waals surface area contributed by atoms with Crippen molar-refractivity contribution in [3.8, 4) is 0 Å². The van der Waals surface area contributed by atoms with E-state index in [4.69, 9.17) is 0 Å². The molecule has 1 saturated carbocycles. The zero-order chi connectivity index (χ0) is 12.9. The summed E-state index contributed by atoms with van der Waals surface area (Å²) in [6.07, 6.45) is 6.12. The largest absolute Gasteiger partial charge is 0.311 e. The van der Waals surface area contributed by atoms with Crippen molar-refractivity contribution in [3.05, 3.63) is 0 Å². The fourth-order valence-corrected chi connectivity index (χ4v) is 4.02. The van der Waals surface area contributed by atoms with Crippen LogP contribution in [0.5, 0.6) is 0 Å². The van der Waals surface area contributed by atoms with Crippen molar-refractivity contribution in [1.82, 2.24) is 5.32 Å². The summed E-state index contributed by atoms with van der Waals surface area (Å²) in [5.41, 5.74) is 0.0437. The fraction of sp³-hybridized carbons (Fsp3) is 1.00. The van der Waals surface area contributed by atoms with Gasteiger partial charge in [-0.15, -0.1) is 0 Å². The van der Waals surface area contributed by atoms with Crippen LogP contribution in [0.1, 0.15) is 59.3 Å². The summed E-state index contributed by atoms with van der Waals surface area (Å²) in [6.45, 7) is 6.92. The Kier molecular flexibility index (Phi) is 5.45. The van der Waals surface area contributed by atoms with Crippen molar-refractivity contribution in [2.24, 2.45) is 0 Å². The molecule has 3 nitrogen and oxygen atoms in total. The zero-order valence-corrected chi connectivity index (χ0v) is 12.3. The summed E-state index contributed by atoms with van der Waals surface area (Å²) >= 11 is 0. The van der Waals surface area contributed by atoms with Crippen LogP contribution >= 0.6 is 0 Å². The Bertz CT molecular complexity index is 316. The molecule has 0 bridgehead atoms. The topological polar surface area (TPSA) is 46.2 Å². The second kappa shape index (κ2) is 6.19. The lowest BCUT2D eigenvalue weighted by atomic mass is 10.0. The predicted molar refractivity (Wildman–Crippen MR) is 73.0 cm³/mol. The standard InChI is InChI=1S/C13H27NO2S/c1-4-13(2,3)14-10-11-17(15,16)12-8-6-5-7-9-12/h12,14H,4-11H2,1-3H3. The van der Waals surface area contributed by atoms with Gasteiger partial charge in [-0.05, 0) is 33.1 Å². The molecule has 0 aromatic rings. The van der Waals surface area contributed by atoms with E-state index in [-0.39, 0.29) is 10.8 Å². The number of hydrogen-bond acceptors (Lipinski definition) is 3. The molecular weight excluding hydrogens is 234 g/mol. The molecule has 0 saturated heterocycles. The highest BCUT2D eigenvalue weighted by atomic mass is 32.2. The van der Waals surface area contributed by atoms with Gasteiger partial charge in [0.15, 0.2) is 9.84 Å². The van der Waals surface area contributed by atoms with Gasteiger partial charge >= 0.3 is 0 Å². The van der Waals surface area contributed by atoms with Crippen LogP contribution in [0.15, 0.2) is 0 Å². The van der Waals surface area contributed by atoms with Crippen LogP contribution in [-0.2, 0) is 9.84 Å². The number of nitrogens with one attached hydrogen (secondary N) is 1. The quantitative estimate of drug-likeness (QED) is 0.799. The summed E-state index contributed by atoms with van der Waals surface area (Å²) in [7, 11) is -2.88. The highest BCUT2D eigenvalue weighted by Gasteiger charge is 2.27. The molecule has 0 heterocycles. The summed E-state index contributed by atoms with van der Waals surface area (Å²) in [6, 6.07) is 0. The minimum Gasteiger partial charge on any atom is -0.311 e. The molecule has 0 atom stereocenters. The van der Waals surface area contributed by atoms with E-state index in [0.29, 0.717) is 12.3 Å². The minimum absolute atomic E-state index is 0.0437. The molecule has 0 radical (unpaired) electrons. The molecule has 1 fully saturated rings. The lowest BCUT2D eigenvalue weighted by molar-refractivity contribution is 0.386. The van der Waals surface area contributed by atoms with Gasteiger partial charge in [0, 0.05) is 12.1 Å². The monoisotopic (exact) mass is 261 g/mol. The van der Waals surface area contributed by atoms with Gasteiger partial charge < -0.3 is 5.32 Å². The first kappa shape index (κ1) is 15.0. The zero-order valence-electron chi connectivity index (χ0n) is 11.5. The van der Waals surface area contributed by atoms with Gasteiger partial charge in [-0.1, -0.05) is 26.2 Å². The van der Waals surface area contributed by atoms with Gasteiger partial charge in [-0.25, -0.2) is 8.42 Å². The van der Waals surface area contributed by atoms with Gasteiger partial charge in [0.25, 0.3) is 0 Å². The Labute approximate surface area is 106 Å². The molecule has 1 N–H and O–H groups in total. The summed E-state index contributed by atoms with van der Waals surface area (Å²) in [4.78, 5) is 0. The first-order valence-electron chi connectivity index (χ1n) is 6.84. The molecule has 1 aliphatic rings. The highest BCUT2D eigenvalue weighted by Crippen LogP contribution is 2.24. The summed E-state index contributed by atoms with van der Waals surface area (Å²) in [5, 5.41) is 3.26. The number of sulfone groups is 1. The van der Waals surface area contributed by atoms with Gasteiger partial charge in [0.05, 0.1) is 11.0 Å². The van der Waals surface area contributed by atoms with E-state index in [1.165, 1.54) is 6.42 Å². The van der Waals surface area contributed by atoms with Crippen LogP contribution in [0.3, 0.4) is 0 Å². The predicted octanol–water partition coefficient (Wildman–Crippen LogP) is 2.51. The van der Waals surface area contributed by atoms with Crippen molar-refractivity contribution in [2.45, 2.75) is 70.1 Å². The lowest BCUT2D eigenvalue weighted by Gasteiger charge is -2.26. The van der Waals surface area contributed by atoms with Gasteiger partial charge in [-0.2, -0.15) is 0 Å². The molecule has 0 aliphatic heterocycles. The summed E-state index contributed by atoms with van der Waals surface area (Å²) in [5.74, 6) is 0.293. The minimum atomic E-state index is -2.88. The molecule has 17 heavy (non-hydrogen) atoms. The second-order valence-electron chi connectivity index (χ2n) is 5.79. The average molecular weight is 261 g/mol. The van der Waals surface area contributed by atoms with Crippen LogP contribution in [0.25, 0.3) is 0 Å². The Hall–Kier alpha value is -0.0900. The third-order valence-electron chi connectivity index (χ3n) is 3.93. The van der Waals surface area contributed by atoms with Crippen LogP contribution in [0.2, 0.25) is 0 Å². The van der Waals surface area contributed by atoms with E-state index in [2.05, 4.69) is 26.1 Å². The third kappa shape index (κ3) is 4.96. The highest BCUT2D eigenvalue weighted by molar-refractivity contribution is 7.92. The Morgan fingerprint density at radius 1 is 1.18 bits per heavy atom. The smallest absolute Gasteiger partial charge is 0.154 e. The SMILES string of the molecule is CCC(C)(C)NCCS(=O)(=O)C1CCCCC1. The second-order valence-corrected chi connectivity index (χ2v) is 8.19. The van der Waals surface area contributed by atoms with Crippen LogP contribution in [-0.4, -0.2) is 31.5 Å². The van der Waals surface area contributed by atoms with Gasteiger partial charge in [-0.3, -0.25) is 0 Å². The van der Waals surface area contributed by atoms with Crippen molar-refractivity contribution in [2.75, 3.05) is 12.3 Å². The first-order valence-corrected chi connectivity index (χ1v) is 8.55. The Morgan fingerprint density at radius 2 is 1.76 bits per heavy atom. The average Bonchev–Trinajstić information content (AvgIpc) is 2.30. The van der Waals surface area contributed by atoms with Crippen LogP contribution in [0.4, 0.5) is 0 Å². The van der Waals surface area contributed by atoms with E-state index in [0.717, 1.165) is 32.1 Å². The van der Waals surface area contributed by atoms with E-state index in [1.54, 1.807) is 0 Å². The van der Waals surface area contributed by atoms with E-state index in [9.17, 15) is 8.42 Å². The lowest BCUT2D eigenvalue weighted by Crippen LogP contribution is -2.42. The van der Waals surface area contributed by atoms with Gasteiger partial charge in [0.2, 0.25) is 0 Å².